The topological polar surface area (TPSA) is 17.1 Å². The highest BCUT2D eigenvalue weighted by atomic mass is 16.1. The van der Waals surface area contributed by atoms with Gasteiger partial charge in [-0.3, -0.25) is 0 Å². The van der Waals surface area contributed by atoms with Gasteiger partial charge in [0.05, 0.1) is 0 Å². The molecule has 1 rings (SSSR count). The predicted molar refractivity (Wildman–Crippen MR) is 55.2 cm³/mol. The predicted octanol–water partition coefficient (Wildman–Crippen LogP) is 3.23. The zero-order valence-corrected chi connectivity index (χ0v) is 9.18. The second-order valence-corrected chi connectivity index (χ2v) is 5.52. The minimum absolute atomic E-state index is 0.330. The molecule has 1 nitrogen and oxygen atoms in total. The molecule has 1 saturated carbocycles. The maximum Gasteiger partial charge on any atom is 0.123 e. The van der Waals surface area contributed by atoms with Gasteiger partial charge in [0.2, 0.25) is 0 Å². The van der Waals surface area contributed by atoms with E-state index in [-0.39, 0.29) is 0 Å². The van der Waals surface area contributed by atoms with Crippen LogP contribution in [0.1, 0.15) is 47.0 Å². The summed E-state index contributed by atoms with van der Waals surface area (Å²) in [5.41, 5.74) is 1.33. The lowest BCUT2D eigenvalue weighted by atomic mass is 9.68. The quantitative estimate of drug-likeness (QED) is 0.523. The van der Waals surface area contributed by atoms with Gasteiger partial charge in [-0.05, 0) is 36.5 Å². The van der Waals surface area contributed by atoms with E-state index in [0.29, 0.717) is 17.3 Å². The van der Waals surface area contributed by atoms with Crippen LogP contribution in [0.5, 0.6) is 0 Å². The average molecular weight is 180 g/mol. The molecule has 1 fully saturated rings. The Balaban J connectivity index is 2.74. The minimum atomic E-state index is 0.330. The Morgan fingerprint density at radius 1 is 1.31 bits per heavy atom. The van der Waals surface area contributed by atoms with E-state index < -0.39 is 0 Å². The molecule has 0 bridgehead atoms. The average Bonchev–Trinajstić information content (AvgIpc) is 2.01. The van der Waals surface area contributed by atoms with E-state index in [1.807, 2.05) is 0 Å². The van der Waals surface area contributed by atoms with Gasteiger partial charge in [0.1, 0.15) is 5.94 Å². The first-order valence-corrected chi connectivity index (χ1v) is 5.16. The summed E-state index contributed by atoms with van der Waals surface area (Å²) in [4.78, 5) is 10.6. The van der Waals surface area contributed by atoms with Crippen LogP contribution in [-0.2, 0) is 4.79 Å². The van der Waals surface area contributed by atoms with Gasteiger partial charge in [-0.25, -0.2) is 4.79 Å². The SMILES string of the molecule is C[C@H]1CC(=C=O)CC(C(C)(C)C)C1. The second-order valence-electron chi connectivity index (χ2n) is 5.52. The smallest absolute Gasteiger partial charge is 0.123 e. The summed E-state index contributed by atoms with van der Waals surface area (Å²) in [5.74, 6) is 3.42. The van der Waals surface area contributed by atoms with E-state index in [9.17, 15) is 4.79 Å². The molecule has 0 saturated heterocycles. The van der Waals surface area contributed by atoms with Gasteiger partial charge in [0.15, 0.2) is 0 Å². The van der Waals surface area contributed by atoms with Crippen molar-refractivity contribution >= 4 is 5.94 Å². The highest BCUT2D eigenvalue weighted by Gasteiger charge is 2.31. The molecular formula is C12H20O. The van der Waals surface area contributed by atoms with Crippen LogP contribution in [0.25, 0.3) is 0 Å². The van der Waals surface area contributed by atoms with E-state index >= 15 is 0 Å². The van der Waals surface area contributed by atoms with Crippen molar-refractivity contribution in [2.45, 2.75) is 47.0 Å². The molecule has 1 unspecified atom stereocenters. The largest absolute Gasteiger partial charge is 0.234 e. The molecule has 0 spiro atoms. The van der Waals surface area contributed by atoms with Crippen molar-refractivity contribution in [3.8, 4) is 0 Å². The molecule has 0 aromatic heterocycles. The number of carbonyl (C=O) groups excluding carboxylic acids is 1. The lowest BCUT2D eigenvalue weighted by Crippen LogP contribution is -2.27. The van der Waals surface area contributed by atoms with Crippen molar-refractivity contribution in [1.82, 2.24) is 0 Å². The molecule has 74 valence electrons. The van der Waals surface area contributed by atoms with Crippen molar-refractivity contribution < 1.29 is 4.79 Å². The molecule has 1 aliphatic rings. The van der Waals surface area contributed by atoms with Crippen LogP contribution in [0.3, 0.4) is 0 Å². The van der Waals surface area contributed by atoms with Gasteiger partial charge < -0.3 is 0 Å². The van der Waals surface area contributed by atoms with Gasteiger partial charge in [-0.15, -0.1) is 0 Å². The van der Waals surface area contributed by atoms with Crippen LogP contribution in [0, 0.1) is 17.3 Å². The van der Waals surface area contributed by atoms with Crippen LogP contribution in [0.2, 0.25) is 0 Å². The fourth-order valence-corrected chi connectivity index (χ4v) is 2.20. The second kappa shape index (κ2) is 3.67. The molecule has 0 N–H and O–H groups in total. The highest BCUT2D eigenvalue weighted by Crippen LogP contribution is 2.41. The Labute approximate surface area is 81.2 Å². The van der Waals surface area contributed by atoms with Crippen LogP contribution in [0.4, 0.5) is 0 Å². The number of hydrogen-bond acceptors (Lipinski definition) is 1. The Hall–Kier alpha value is -0.550. The van der Waals surface area contributed by atoms with Gasteiger partial charge >= 0.3 is 0 Å². The normalized spacial score (nSPS) is 30.0. The molecule has 1 aliphatic carbocycles. The van der Waals surface area contributed by atoms with Crippen molar-refractivity contribution in [1.29, 1.82) is 0 Å². The summed E-state index contributed by atoms with van der Waals surface area (Å²) < 4.78 is 0. The highest BCUT2D eigenvalue weighted by molar-refractivity contribution is 5.52. The molecular weight excluding hydrogens is 160 g/mol. The molecule has 0 aromatic rings. The zero-order valence-electron chi connectivity index (χ0n) is 9.18. The third kappa shape index (κ3) is 2.70. The summed E-state index contributed by atoms with van der Waals surface area (Å²) in [5, 5.41) is 0. The molecule has 1 heteroatoms. The van der Waals surface area contributed by atoms with Crippen LogP contribution >= 0.6 is 0 Å². The number of hydrogen-bond donors (Lipinski definition) is 0. The van der Waals surface area contributed by atoms with Crippen LogP contribution in [0.15, 0.2) is 5.57 Å². The molecule has 0 amide bonds. The zero-order chi connectivity index (χ0) is 10.1. The number of allylic oxidation sites excluding steroid dienone is 1. The Kier molecular flexibility index (Phi) is 2.98. The van der Waals surface area contributed by atoms with E-state index in [4.69, 9.17) is 0 Å². The molecule has 0 radical (unpaired) electrons. The Morgan fingerprint density at radius 3 is 2.38 bits per heavy atom. The first kappa shape index (κ1) is 10.5. The minimum Gasteiger partial charge on any atom is -0.234 e. The van der Waals surface area contributed by atoms with Crippen molar-refractivity contribution in [3.05, 3.63) is 5.57 Å². The van der Waals surface area contributed by atoms with Gasteiger partial charge in [-0.1, -0.05) is 27.7 Å². The third-order valence-electron chi connectivity index (χ3n) is 3.14. The van der Waals surface area contributed by atoms with Gasteiger partial charge in [-0.2, -0.15) is 0 Å². The first-order valence-electron chi connectivity index (χ1n) is 5.16. The third-order valence-corrected chi connectivity index (χ3v) is 3.14. The molecule has 13 heavy (non-hydrogen) atoms. The van der Waals surface area contributed by atoms with Crippen molar-refractivity contribution in [2.75, 3.05) is 0 Å². The summed E-state index contributed by atoms with van der Waals surface area (Å²) in [6.07, 6.45) is 3.20. The standard InChI is InChI=1S/C12H20O/c1-9-5-10(8-13)7-11(6-9)12(2,3)4/h9,11H,5-7H2,1-4H3/t9-,11?/m0/s1. The molecule has 2 atom stereocenters. The van der Waals surface area contributed by atoms with E-state index in [2.05, 4.69) is 33.6 Å². The lowest BCUT2D eigenvalue weighted by Gasteiger charge is -2.36. The van der Waals surface area contributed by atoms with Crippen molar-refractivity contribution in [3.63, 3.8) is 0 Å². The van der Waals surface area contributed by atoms with E-state index in [0.717, 1.165) is 18.4 Å². The van der Waals surface area contributed by atoms with Gasteiger partial charge in [0.25, 0.3) is 0 Å². The summed E-state index contributed by atoms with van der Waals surface area (Å²) in [7, 11) is 0. The molecule has 0 heterocycles. The maximum atomic E-state index is 10.6. The van der Waals surface area contributed by atoms with Gasteiger partial charge in [0, 0.05) is 5.57 Å². The Bertz CT molecular complexity index is 228. The summed E-state index contributed by atoms with van der Waals surface area (Å²) in [6, 6.07) is 0. The molecule has 0 aliphatic heterocycles. The van der Waals surface area contributed by atoms with Crippen LogP contribution in [-0.4, -0.2) is 5.94 Å². The molecule has 0 aromatic carbocycles. The number of rotatable bonds is 0. The monoisotopic (exact) mass is 180 g/mol. The maximum absolute atomic E-state index is 10.6. The summed E-state index contributed by atoms with van der Waals surface area (Å²) >= 11 is 0. The fourth-order valence-electron chi connectivity index (χ4n) is 2.20. The van der Waals surface area contributed by atoms with E-state index in [1.54, 1.807) is 0 Å². The van der Waals surface area contributed by atoms with Crippen LogP contribution < -0.4 is 0 Å². The summed E-state index contributed by atoms with van der Waals surface area (Å²) in [6.45, 7) is 9.02. The lowest BCUT2D eigenvalue weighted by molar-refractivity contribution is 0.176. The van der Waals surface area contributed by atoms with Crippen molar-refractivity contribution in [2.24, 2.45) is 17.3 Å². The first-order chi connectivity index (χ1) is 5.93. The van der Waals surface area contributed by atoms with E-state index in [1.165, 1.54) is 6.42 Å². The fraction of sp³-hybridized carbons (Fsp3) is 0.833. The Morgan fingerprint density at radius 2 is 1.92 bits per heavy atom.